The van der Waals surface area contributed by atoms with Gasteiger partial charge in [-0.25, -0.2) is 0 Å². The van der Waals surface area contributed by atoms with Crippen LogP contribution in [0.2, 0.25) is 0 Å². The molecule has 2 aromatic rings. The molecule has 1 aliphatic rings. The molecule has 0 saturated carbocycles. The topological polar surface area (TPSA) is 44.8 Å². The van der Waals surface area contributed by atoms with Gasteiger partial charge in [-0.1, -0.05) is 6.07 Å². The second kappa shape index (κ2) is 10.0. The first-order valence-electron chi connectivity index (χ1n) is 10.1. The lowest BCUT2D eigenvalue weighted by Gasteiger charge is -2.25. The largest absolute Gasteiger partial charge is 0.486 e. The summed E-state index contributed by atoms with van der Waals surface area (Å²) in [5, 5.41) is 7.42. The van der Waals surface area contributed by atoms with E-state index < -0.39 is 0 Å². The molecule has 2 heterocycles. The predicted molar refractivity (Wildman–Crippen MR) is 116 cm³/mol. The van der Waals surface area contributed by atoms with Gasteiger partial charge in [0.25, 0.3) is 0 Å². The van der Waals surface area contributed by atoms with Crippen molar-refractivity contribution in [3.63, 3.8) is 0 Å². The average molecular weight is 402 g/mol. The van der Waals surface area contributed by atoms with Gasteiger partial charge in [0.2, 0.25) is 5.91 Å². The number of anilines is 1. The Hall–Kier alpha value is -1.89. The van der Waals surface area contributed by atoms with E-state index in [2.05, 4.69) is 40.9 Å². The molecule has 28 heavy (non-hydrogen) atoms. The highest BCUT2D eigenvalue weighted by molar-refractivity contribution is 7.07. The highest BCUT2D eigenvalue weighted by atomic mass is 32.1. The van der Waals surface area contributed by atoms with Crippen molar-refractivity contribution in [2.24, 2.45) is 0 Å². The molecule has 5 nitrogen and oxygen atoms in total. The molecule has 1 fully saturated rings. The van der Waals surface area contributed by atoms with Crippen LogP contribution < -0.4 is 15.0 Å². The van der Waals surface area contributed by atoms with Gasteiger partial charge in [-0.15, -0.1) is 0 Å². The summed E-state index contributed by atoms with van der Waals surface area (Å²) >= 11 is 1.68. The highest BCUT2D eigenvalue weighted by Crippen LogP contribution is 2.29. The maximum absolute atomic E-state index is 12.7. The molecule has 1 amide bonds. The van der Waals surface area contributed by atoms with Gasteiger partial charge in [-0.2, -0.15) is 11.3 Å². The Labute approximate surface area is 172 Å². The first-order valence-corrected chi connectivity index (χ1v) is 11.0. The van der Waals surface area contributed by atoms with Crippen LogP contribution >= 0.6 is 11.3 Å². The number of hydrogen-bond donors (Lipinski definition) is 1. The molecule has 0 bridgehead atoms. The highest BCUT2D eigenvalue weighted by Gasteiger charge is 2.24. The van der Waals surface area contributed by atoms with Crippen LogP contribution in [0.1, 0.15) is 38.4 Å². The predicted octanol–water partition coefficient (Wildman–Crippen LogP) is 3.92. The lowest BCUT2D eigenvalue weighted by molar-refractivity contribution is -0.118. The molecule has 1 unspecified atom stereocenters. The van der Waals surface area contributed by atoms with Crippen LogP contribution in [0.25, 0.3) is 0 Å². The molecule has 1 saturated heterocycles. The summed E-state index contributed by atoms with van der Waals surface area (Å²) in [6.45, 7) is 7.69. The fourth-order valence-corrected chi connectivity index (χ4v) is 4.25. The Bertz CT molecular complexity index is 748. The minimum absolute atomic E-state index is 0.00483. The third-order valence-electron chi connectivity index (χ3n) is 5.23. The van der Waals surface area contributed by atoms with Crippen molar-refractivity contribution in [2.45, 2.75) is 38.8 Å². The summed E-state index contributed by atoms with van der Waals surface area (Å²) in [6, 6.07) is 10.5. The smallest absolute Gasteiger partial charge is 0.228 e. The lowest BCUT2D eigenvalue weighted by atomic mass is 10.1. The minimum Gasteiger partial charge on any atom is -0.486 e. The minimum atomic E-state index is 0.00483. The molecule has 1 aliphatic heterocycles. The first-order chi connectivity index (χ1) is 13.6. The van der Waals surface area contributed by atoms with E-state index in [1.807, 2.05) is 36.2 Å². The zero-order chi connectivity index (χ0) is 19.9. The summed E-state index contributed by atoms with van der Waals surface area (Å²) in [7, 11) is 1.96. The number of carbonyl (C=O) groups is 1. The van der Waals surface area contributed by atoms with Crippen LogP contribution in [0.15, 0.2) is 41.1 Å². The van der Waals surface area contributed by atoms with E-state index in [0.717, 1.165) is 37.5 Å². The Morgan fingerprint density at radius 1 is 1.21 bits per heavy atom. The zero-order valence-electron chi connectivity index (χ0n) is 17.1. The number of thiophene rings is 1. The molecule has 1 aromatic carbocycles. The second-order valence-electron chi connectivity index (χ2n) is 7.48. The van der Waals surface area contributed by atoms with Gasteiger partial charge >= 0.3 is 0 Å². The van der Waals surface area contributed by atoms with E-state index in [4.69, 9.17) is 4.74 Å². The third-order valence-corrected chi connectivity index (χ3v) is 5.94. The summed E-state index contributed by atoms with van der Waals surface area (Å²) in [4.78, 5) is 17.0. The van der Waals surface area contributed by atoms with Crippen LogP contribution in [-0.2, 0) is 4.79 Å². The Kier molecular flexibility index (Phi) is 7.48. The number of nitrogens with zero attached hydrogens (tertiary/aromatic N) is 2. The van der Waals surface area contributed by atoms with Gasteiger partial charge in [0.05, 0.1) is 0 Å². The first kappa shape index (κ1) is 20.8. The fourth-order valence-electron chi connectivity index (χ4n) is 3.54. The van der Waals surface area contributed by atoms with Crippen molar-refractivity contribution >= 4 is 22.9 Å². The van der Waals surface area contributed by atoms with E-state index >= 15 is 0 Å². The maximum Gasteiger partial charge on any atom is 0.228 e. The van der Waals surface area contributed by atoms with Gasteiger partial charge in [0.1, 0.15) is 11.9 Å². The van der Waals surface area contributed by atoms with Gasteiger partial charge in [-0.3, -0.25) is 9.69 Å². The van der Waals surface area contributed by atoms with E-state index in [0.29, 0.717) is 19.0 Å². The molecular formula is C22H31N3O2S. The molecule has 0 spiro atoms. The quantitative estimate of drug-likeness (QED) is 0.728. The molecule has 3 rings (SSSR count). The van der Waals surface area contributed by atoms with E-state index in [-0.39, 0.29) is 12.0 Å². The standard InChI is InChI=1S/C22H31N3O2S/c1-17(2)24-11-8-22(26)25(13-12-24)19-5-4-6-20(15-19)27-21(7-10-23-3)18-9-14-28-16-18/h4-6,9,14-17,21,23H,7-8,10-13H2,1-3H3. The normalized spacial score (nSPS) is 17.0. The Morgan fingerprint density at radius 3 is 2.79 bits per heavy atom. The van der Waals surface area contributed by atoms with Crippen LogP contribution in [-0.4, -0.2) is 50.1 Å². The lowest BCUT2D eigenvalue weighted by Crippen LogP contribution is -2.35. The van der Waals surface area contributed by atoms with Crippen molar-refractivity contribution in [3.05, 3.63) is 46.7 Å². The van der Waals surface area contributed by atoms with E-state index in [1.54, 1.807) is 11.3 Å². The van der Waals surface area contributed by atoms with Gasteiger partial charge in [0.15, 0.2) is 0 Å². The second-order valence-corrected chi connectivity index (χ2v) is 8.26. The van der Waals surface area contributed by atoms with E-state index in [1.165, 1.54) is 5.56 Å². The number of nitrogens with one attached hydrogen (secondary N) is 1. The molecule has 152 valence electrons. The van der Waals surface area contributed by atoms with E-state index in [9.17, 15) is 4.79 Å². The molecule has 0 aliphatic carbocycles. The summed E-state index contributed by atoms with van der Waals surface area (Å²) < 4.78 is 6.34. The number of hydrogen-bond acceptors (Lipinski definition) is 5. The van der Waals surface area contributed by atoms with Crippen molar-refractivity contribution in [3.8, 4) is 5.75 Å². The molecule has 1 N–H and O–H groups in total. The van der Waals surface area contributed by atoms with Crippen molar-refractivity contribution < 1.29 is 9.53 Å². The SMILES string of the molecule is CNCCC(Oc1cccc(N2CCN(C(C)C)CCC2=O)c1)c1ccsc1. The number of amides is 1. The summed E-state index contributed by atoms with van der Waals surface area (Å²) in [5.41, 5.74) is 2.12. The molecule has 6 heteroatoms. The molecule has 1 atom stereocenters. The average Bonchev–Trinajstić information content (AvgIpc) is 3.15. The van der Waals surface area contributed by atoms with Crippen molar-refractivity contribution in [1.82, 2.24) is 10.2 Å². The number of ether oxygens (including phenoxy) is 1. The Morgan fingerprint density at radius 2 is 2.07 bits per heavy atom. The van der Waals surface area contributed by atoms with Crippen LogP contribution in [0.4, 0.5) is 5.69 Å². The molecule has 1 aromatic heterocycles. The van der Waals surface area contributed by atoms with Crippen LogP contribution in [0, 0.1) is 0 Å². The molecular weight excluding hydrogens is 370 g/mol. The number of carbonyl (C=O) groups excluding carboxylic acids is 1. The maximum atomic E-state index is 12.7. The van der Waals surface area contributed by atoms with Gasteiger partial charge in [-0.05, 0) is 56.4 Å². The zero-order valence-corrected chi connectivity index (χ0v) is 17.9. The third kappa shape index (κ3) is 5.34. The fraction of sp³-hybridized carbons (Fsp3) is 0.500. The van der Waals surface area contributed by atoms with Crippen molar-refractivity contribution in [2.75, 3.05) is 38.1 Å². The van der Waals surface area contributed by atoms with Crippen LogP contribution in [0.5, 0.6) is 5.75 Å². The van der Waals surface area contributed by atoms with Crippen LogP contribution in [0.3, 0.4) is 0 Å². The summed E-state index contributed by atoms with van der Waals surface area (Å²) in [6.07, 6.45) is 1.46. The summed E-state index contributed by atoms with van der Waals surface area (Å²) in [5.74, 6) is 0.993. The van der Waals surface area contributed by atoms with Crippen molar-refractivity contribution in [1.29, 1.82) is 0 Å². The van der Waals surface area contributed by atoms with Gasteiger partial charge in [0, 0.05) is 55.8 Å². The number of benzene rings is 1. The Balaban J connectivity index is 1.74. The monoisotopic (exact) mass is 401 g/mol. The molecule has 0 radical (unpaired) electrons. The number of rotatable bonds is 8. The van der Waals surface area contributed by atoms with Gasteiger partial charge < -0.3 is 15.0 Å².